The van der Waals surface area contributed by atoms with Gasteiger partial charge < -0.3 is 31.2 Å². The molecule has 10 aromatic rings. The Morgan fingerprint density at radius 2 is 1.00 bits per heavy atom. The van der Waals surface area contributed by atoms with Crippen molar-refractivity contribution in [2.75, 3.05) is 28.8 Å². The number of benzene rings is 10. The van der Waals surface area contributed by atoms with Gasteiger partial charge in [-0.3, -0.25) is 25.4 Å². The average Bonchev–Trinajstić information content (AvgIpc) is 1.60. The highest BCUT2D eigenvalue weighted by atomic mass is 35.5. The van der Waals surface area contributed by atoms with Crippen LogP contribution >= 0.6 is 36.9 Å². The van der Waals surface area contributed by atoms with Gasteiger partial charge in [-0.25, -0.2) is 0 Å². The van der Waals surface area contributed by atoms with Crippen molar-refractivity contribution in [2.45, 2.75) is 92.9 Å². The number of hydrogen-bond donors (Lipinski definition) is 5. The number of unbranched alkanes of at least 4 members (excludes halogenated alkanes) is 1. The van der Waals surface area contributed by atoms with Crippen LogP contribution in [0.5, 0.6) is 0 Å². The fourth-order valence-electron chi connectivity index (χ4n) is 10.3. The van der Waals surface area contributed by atoms with Gasteiger partial charge in [0, 0.05) is 84.2 Å². The number of nitrogens with zero attached hydrogens (tertiary/aromatic N) is 3. The number of carboxylic acid groups (broad SMARTS) is 1. The maximum atomic E-state index is 10.1. The standard InChI is InChI=1S/C21H25NO2S.C17H16N2.C17H17N.C12H12N2.C12H11N.C5H10O.C2H4O2.2ClH/c1-16-21(2,3)19-12-11-18(17-9-5-4-6-10-17)15-20(19)22(16)13-7-8-14-25-24-23;1-4-10-16(11-5-1)18-14-8-3-9-15-19-17-12-6-2-7-13-17;1-12-17(2,3)15-10-9-14(11-16(15)18-12)13-7-5-4-6-8-13;13-14-12-8-4-7-11(9-12)10-5-2-1-3-6-10;13-12-8-4-7-11(9-12)10-5-2-1-3-6-10;1-4(2)5(3)6;1-2(3)4;;/h4-6,9-12,15H,7-8,13-14H2,1-3H3;1-15,18H;4-11H,1-3H3;1-9,14H,13H2;1-9H,13H2;4H,1-3H3;1H3,(H,3,4);2*1H/b;9-3+,14-8+,19-15?;;;;;;;. The molecule has 2 aliphatic rings. The second-order valence-corrected chi connectivity index (χ2v) is 25.5. The lowest BCUT2D eigenvalue weighted by molar-refractivity contribution is -0.630. The van der Waals surface area contributed by atoms with Gasteiger partial charge in [0.1, 0.15) is 12.3 Å². The molecule has 0 atom stereocenters. The van der Waals surface area contributed by atoms with E-state index in [0.29, 0.717) is 0 Å². The number of carbonyl (C=O) groups excluding carboxylic acids is 1. The van der Waals surface area contributed by atoms with Gasteiger partial charge in [0.2, 0.25) is 5.69 Å². The highest BCUT2D eigenvalue weighted by Crippen LogP contribution is 2.43. The molecule has 12 rings (SSSR count). The molecule has 12 nitrogen and oxygen atoms in total. The number of nitrogen functional groups attached to an aromatic ring is 2. The molecule has 7 N–H and O–H groups in total. The van der Waals surface area contributed by atoms with Crippen molar-refractivity contribution in [3.05, 3.63) is 302 Å². The topological polar surface area (TPSA) is 190 Å². The zero-order chi connectivity index (χ0) is 71.4. The van der Waals surface area contributed by atoms with Crippen molar-refractivity contribution in [1.82, 2.24) is 0 Å². The molecule has 0 aliphatic carbocycles. The summed E-state index contributed by atoms with van der Waals surface area (Å²) >= 11 is 0.996. The van der Waals surface area contributed by atoms with Crippen LogP contribution in [0.1, 0.15) is 93.2 Å². The van der Waals surface area contributed by atoms with Crippen LogP contribution in [0.3, 0.4) is 0 Å². The van der Waals surface area contributed by atoms with Crippen molar-refractivity contribution in [3.63, 3.8) is 0 Å². The Kier molecular flexibility index (Phi) is 36.5. The number of rotatable bonds is 17. The summed E-state index contributed by atoms with van der Waals surface area (Å²) in [7, 11) is 0. The van der Waals surface area contributed by atoms with Gasteiger partial charge in [-0.15, -0.1) is 24.8 Å². The molecule has 526 valence electrons. The molecule has 0 radical (unpaired) electrons. The first-order valence-corrected chi connectivity index (χ1v) is 34.1. The first-order chi connectivity index (χ1) is 47.7. The lowest BCUT2D eigenvalue weighted by Gasteiger charge is -2.19. The fourth-order valence-corrected chi connectivity index (χ4v) is 10.7. The molecule has 2 heterocycles. The highest BCUT2D eigenvalue weighted by Gasteiger charge is 2.43. The van der Waals surface area contributed by atoms with Gasteiger partial charge in [-0.1, -0.05) is 240 Å². The van der Waals surface area contributed by atoms with Crippen LogP contribution in [-0.4, -0.2) is 51.4 Å². The maximum absolute atomic E-state index is 10.1. The summed E-state index contributed by atoms with van der Waals surface area (Å²) in [5.41, 5.74) is 29.7. The average molecular weight is 1410 g/mol. The first-order valence-electron chi connectivity index (χ1n) is 33.2. The second-order valence-electron chi connectivity index (χ2n) is 24.7. The summed E-state index contributed by atoms with van der Waals surface area (Å²) in [6.45, 7) is 20.9. The summed E-state index contributed by atoms with van der Waals surface area (Å²) in [6.07, 6.45) is 11.5. The van der Waals surface area contributed by atoms with Crippen LogP contribution in [0.4, 0.5) is 34.1 Å². The van der Waals surface area contributed by atoms with Crippen LogP contribution in [0.25, 0.3) is 44.5 Å². The normalized spacial score (nSPS) is 12.3. The number of carbonyl (C=O) groups is 2. The Hall–Kier alpha value is -9.96. The number of hydrogen-bond acceptors (Lipinski definition) is 11. The number of aliphatic imine (C=N–C) groups is 2. The molecule has 0 fully saturated rings. The Bertz CT molecular complexity index is 4250. The van der Waals surface area contributed by atoms with Crippen LogP contribution in [-0.2, 0) is 24.8 Å². The highest BCUT2D eigenvalue weighted by molar-refractivity contribution is 7.94. The fraction of sp³-hybridized carbons (Fsp3) is 0.198. The summed E-state index contributed by atoms with van der Waals surface area (Å²) in [4.78, 5) is 28.1. The molecule has 0 bridgehead atoms. The smallest absolute Gasteiger partial charge is 0.300 e. The largest absolute Gasteiger partial charge is 0.711 e. The van der Waals surface area contributed by atoms with Crippen molar-refractivity contribution < 1.29 is 28.9 Å². The summed E-state index contributed by atoms with van der Waals surface area (Å²) in [5, 5.41) is 20.7. The minimum atomic E-state index is -0.833. The van der Waals surface area contributed by atoms with Crippen LogP contribution in [0.15, 0.2) is 301 Å². The number of para-hydroxylation sites is 2. The number of aliphatic carboxylic acids is 1. The van der Waals surface area contributed by atoms with E-state index >= 15 is 0 Å². The monoisotopic (exact) mass is 1410 g/mol. The molecule has 101 heavy (non-hydrogen) atoms. The Balaban J connectivity index is 0.000000261. The van der Waals surface area contributed by atoms with Gasteiger partial charge >= 0.3 is 0 Å². The number of nitrogens with one attached hydrogen (secondary N) is 2. The molecule has 10 aromatic carbocycles. The van der Waals surface area contributed by atoms with E-state index in [1.165, 1.54) is 72.7 Å². The number of halogens is 2. The number of ketones is 1. The first kappa shape index (κ1) is 83.5. The summed E-state index contributed by atoms with van der Waals surface area (Å²) in [5.74, 6) is 5.73. The van der Waals surface area contributed by atoms with Gasteiger partial charge in [-0.05, 0) is 163 Å². The number of anilines is 3. The quantitative estimate of drug-likeness (QED) is 0.00675. The Morgan fingerprint density at radius 3 is 1.49 bits per heavy atom. The number of fused-ring (bicyclic) bond motifs is 2. The molecule has 0 spiro atoms. The second kappa shape index (κ2) is 44.2. The van der Waals surface area contributed by atoms with E-state index in [0.717, 1.165) is 72.5 Å². The third-order valence-electron chi connectivity index (χ3n) is 16.6. The predicted molar refractivity (Wildman–Crippen MR) is 433 cm³/mol. The molecule has 0 amide bonds. The molecule has 2 aliphatic heterocycles. The van der Waals surface area contributed by atoms with Gasteiger partial charge in [0.25, 0.3) is 5.97 Å². The predicted octanol–water partition coefficient (Wildman–Crippen LogP) is 21.5. The molecule has 0 saturated carbocycles. The summed E-state index contributed by atoms with van der Waals surface area (Å²) < 4.78 is 6.29. The van der Waals surface area contributed by atoms with Crippen molar-refractivity contribution in [1.29, 1.82) is 0 Å². The van der Waals surface area contributed by atoms with Crippen molar-refractivity contribution in [3.8, 4) is 44.5 Å². The minimum Gasteiger partial charge on any atom is -0.711 e. The van der Waals surface area contributed by atoms with Crippen molar-refractivity contribution >= 4 is 100 Å². The molecular formula is C86H97Cl2N7O5S. The van der Waals surface area contributed by atoms with E-state index in [9.17, 15) is 10.1 Å². The molecular weight excluding hydrogens is 1310 g/mol. The van der Waals surface area contributed by atoms with E-state index in [4.69, 9.17) is 26.5 Å². The number of allylic oxidation sites excluding steroid dienone is 3. The maximum Gasteiger partial charge on any atom is 0.300 e. The van der Waals surface area contributed by atoms with E-state index < -0.39 is 5.97 Å². The number of carboxylic acids is 1. The van der Waals surface area contributed by atoms with Crippen LogP contribution in [0, 0.1) is 5.92 Å². The zero-order valence-electron chi connectivity index (χ0n) is 59.5. The Labute approximate surface area is 615 Å². The lowest BCUT2D eigenvalue weighted by Crippen LogP contribution is -2.26. The lowest BCUT2D eigenvalue weighted by atomic mass is 9.82. The molecule has 0 aromatic heterocycles. The van der Waals surface area contributed by atoms with Gasteiger partial charge in [0.15, 0.2) is 5.71 Å². The van der Waals surface area contributed by atoms with E-state index in [-0.39, 0.29) is 47.3 Å². The number of nitrogens with two attached hydrogens (primary N) is 2. The number of hydrazine groups is 1. The van der Waals surface area contributed by atoms with Gasteiger partial charge in [0.05, 0.1) is 16.8 Å². The third kappa shape index (κ3) is 27.6. The third-order valence-corrected chi connectivity index (χ3v) is 17.2. The van der Waals surface area contributed by atoms with E-state index in [1.54, 1.807) is 13.1 Å². The van der Waals surface area contributed by atoms with Crippen LogP contribution < -0.4 is 27.6 Å². The molecule has 15 heteroatoms. The Morgan fingerprint density at radius 1 is 0.564 bits per heavy atom. The minimum absolute atomic E-state index is 0. The zero-order valence-corrected chi connectivity index (χ0v) is 61.9. The van der Waals surface area contributed by atoms with Gasteiger partial charge in [-0.2, -0.15) is 4.58 Å². The van der Waals surface area contributed by atoms with E-state index in [2.05, 4.69) is 188 Å². The molecule has 0 saturated heterocycles. The summed E-state index contributed by atoms with van der Waals surface area (Å²) in [6, 6.07) is 90.7. The van der Waals surface area contributed by atoms with E-state index in [1.807, 2.05) is 184 Å². The SMILES string of the molecule is C(/C=C/C=C/Nc1ccccc1)=Nc1ccccc1.CC(=O)C(C)C.CC(=O)O.CC1=Nc2cc(-c3ccccc3)ccc2C1(C)C.CC1=[N+](CCCCSO[O-])c2cc(-c3ccccc3)ccc2C1(C)C.Cl.Cl.NNc1cccc(-c2ccccc2)c1.Nc1cccc(-c2ccccc2)c1. The van der Waals surface area contributed by atoms with Crippen molar-refractivity contribution in [2.24, 2.45) is 21.7 Å². The van der Waals surface area contributed by atoms with Crippen LogP contribution in [0.2, 0.25) is 0 Å². The number of Topliss-reactive ketones (excluding diaryl/α,β-unsaturated/α-hetero) is 1. The molecule has 0 unspecified atom stereocenters.